The number of rotatable bonds is 3. The second-order valence-corrected chi connectivity index (χ2v) is 3.64. The summed E-state index contributed by atoms with van der Waals surface area (Å²) in [5, 5.41) is 10.9. The van der Waals surface area contributed by atoms with Gasteiger partial charge in [0.15, 0.2) is 5.82 Å². The summed E-state index contributed by atoms with van der Waals surface area (Å²) in [7, 11) is 0. The van der Waals surface area contributed by atoms with Gasteiger partial charge in [0.2, 0.25) is 0 Å². The van der Waals surface area contributed by atoms with Crippen molar-refractivity contribution in [2.24, 2.45) is 5.84 Å². The van der Waals surface area contributed by atoms with Crippen LogP contribution in [-0.4, -0.2) is 14.9 Å². The maximum Gasteiger partial charge on any atom is 0.280 e. The molecule has 3 N–H and O–H groups in total. The first-order chi connectivity index (χ1) is 8.61. The van der Waals surface area contributed by atoms with Crippen molar-refractivity contribution in [1.82, 2.24) is 9.97 Å². The highest BCUT2D eigenvalue weighted by Crippen LogP contribution is 2.27. The molecule has 0 aliphatic rings. The summed E-state index contributed by atoms with van der Waals surface area (Å²) >= 11 is 0. The Hall–Kier alpha value is -2.54. The van der Waals surface area contributed by atoms with Gasteiger partial charge in [0.05, 0.1) is 10.5 Å². The number of aromatic nitrogens is 2. The number of benzene rings is 1. The van der Waals surface area contributed by atoms with Gasteiger partial charge >= 0.3 is 0 Å². The predicted octanol–water partition coefficient (Wildman–Crippen LogP) is 1.65. The zero-order chi connectivity index (χ0) is 13.1. The van der Waals surface area contributed by atoms with Crippen LogP contribution in [0.1, 0.15) is 5.69 Å². The number of hydrogen-bond donors (Lipinski definition) is 2. The highest BCUT2D eigenvalue weighted by molar-refractivity contribution is 5.68. The van der Waals surface area contributed by atoms with E-state index in [2.05, 4.69) is 15.4 Å². The molecule has 0 saturated heterocycles. The molecular formula is C11H11N5O2. The van der Waals surface area contributed by atoms with Crippen molar-refractivity contribution in [2.75, 3.05) is 5.43 Å². The summed E-state index contributed by atoms with van der Waals surface area (Å²) in [5.41, 5.74) is 3.41. The molecule has 18 heavy (non-hydrogen) atoms. The molecule has 0 aliphatic heterocycles. The molecule has 0 fully saturated rings. The van der Waals surface area contributed by atoms with Crippen molar-refractivity contribution in [3.8, 4) is 11.4 Å². The van der Waals surface area contributed by atoms with Gasteiger partial charge < -0.3 is 5.43 Å². The molecule has 0 unspecified atom stereocenters. The van der Waals surface area contributed by atoms with Gasteiger partial charge in [0, 0.05) is 17.8 Å². The van der Waals surface area contributed by atoms with Crippen molar-refractivity contribution in [1.29, 1.82) is 0 Å². The third-order valence-electron chi connectivity index (χ3n) is 2.34. The first-order valence-corrected chi connectivity index (χ1v) is 5.18. The van der Waals surface area contributed by atoms with Crippen molar-refractivity contribution in [2.45, 2.75) is 6.92 Å². The minimum atomic E-state index is -0.462. The van der Waals surface area contributed by atoms with Crippen LogP contribution in [0, 0.1) is 17.0 Å². The van der Waals surface area contributed by atoms with Crippen molar-refractivity contribution in [3.63, 3.8) is 0 Å². The lowest BCUT2D eigenvalue weighted by Crippen LogP contribution is -2.10. The first kappa shape index (κ1) is 11.9. The highest BCUT2D eigenvalue weighted by atomic mass is 16.6. The predicted molar refractivity (Wildman–Crippen MR) is 66.7 cm³/mol. The molecule has 1 heterocycles. The largest absolute Gasteiger partial charge is 0.308 e. The number of hydrogen-bond acceptors (Lipinski definition) is 6. The molecule has 1 aromatic heterocycles. The van der Waals surface area contributed by atoms with Crippen LogP contribution in [0.2, 0.25) is 0 Å². The third kappa shape index (κ3) is 2.25. The molecule has 0 aliphatic carbocycles. The second-order valence-electron chi connectivity index (χ2n) is 3.64. The number of nitro groups is 1. The minimum Gasteiger partial charge on any atom is -0.308 e. The Labute approximate surface area is 103 Å². The van der Waals surface area contributed by atoms with Crippen molar-refractivity contribution < 1.29 is 4.92 Å². The molecular weight excluding hydrogens is 234 g/mol. The van der Waals surface area contributed by atoms with E-state index in [0.717, 1.165) is 0 Å². The van der Waals surface area contributed by atoms with Gasteiger partial charge in [-0.25, -0.2) is 15.8 Å². The van der Waals surface area contributed by atoms with E-state index in [1.54, 1.807) is 31.2 Å². The van der Waals surface area contributed by atoms with Gasteiger partial charge in [-0.15, -0.1) is 0 Å². The Kier molecular flexibility index (Phi) is 3.16. The Morgan fingerprint density at radius 1 is 1.33 bits per heavy atom. The Morgan fingerprint density at radius 3 is 2.72 bits per heavy atom. The molecule has 0 amide bonds. The molecule has 0 atom stereocenters. The number of hydrazine groups is 1. The summed E-state index contributed by atoms with van der Waals surface area (Å²) in [6.07, 6.45) is 0. The normalized spacial score (nSPS) is 10.1. The summed E-state index contributed by atoms with van der Waals surface area (Å²) in [6.45, 7) is 1.76. The molecule has 0 bridgehead atoms. The van der Waals surface area contributed by atoms with Gasteiger partial charge in [-0.2, -0.15) is 0 Å². The highest BCUT2D eigenvalue weighted by Gasteiger charge is 2.17. The number of nitrogens with zero attached hydrogens (tertiary/aromatic N) is 3. The van der Waals surface area contributed by atoms with Gasteiger partial charge in [-0.1, -0.05) is 12.1 Å². The van der Waals surface area contributed by atoms with E-state index in [1.807, 2.05) is 0 Å². The van der Waals surface area contributed by atoms with Crippen molar-refractivity contribution >= 4 is 11.5 Å². The molecule has 0 radical (unpaired) electrons. The van der Waals surface area contributed by atoms with Crippen LogP contribution in [0.4, 0.5) is 11.5 Å². The molecule has 0 spiro atoms. The van der Waals surface area contributed by atoms with E-state index in [9.17, 15) is 10.1 Å². The SMILES string of the molecule is Cc1cc(NN)nc(-c2ccccc2[N+](=O)[O-])n1. The lowest BCUT2D eigenvalue weighted by molar-refractivity contribution is -0.384. The molecule has 92 valence electrons. The standard InChI is InChI=1S/C11H11N5O2/c1-7-6-10(15-12)14-11(13-7)8-4-2-3-5-9(8)16(17)18/h2-6H,12H2,1H3,(H,13,14,15). The lowest BCUT2D eigenvalue weighted by atomic mass is 10.1. The summed E-state index contributed by atoms with van der Waals surface area (Å²) in [6, 6.07) is 7.96. The van der Waals surface area contributed by atoms with Gasteiger partial charge in [0.25, 0.3) is 5.69 Å². The molecule has 2 rings (SSSR count). The Balaban J connectivity index is 2.61. The summed E-state index contributed by atoms with van der Waals surface area (Å²) in [5.74, 6) is 5.98. The van der Waals surface area contributed by atoms with Crippen molar-refractivity contribution in [3.05, 3.63) is 46.1 Å². The maximum absolute atomic E-state index is 10.9. The van der Waals surface area contributed by atoms with Crippen LogP contribution >= 0.6 is 0 Å². The zero-order valence-corrected chi connectivity index (χ0v) is 9.62. The maximum atomic E-state index is 10.9. The fraction of sp³-hybridized carbons (Fsp3) is 0.0909. The Morgan fingerprint density at radius 2 is 2.06 bits per heavy atom. The van der Waals surface area contributed by atoms with Crippen LogP contribution in [0.15, 0.2) is 30.3 Å². The molecule has 7 nitrogen and oxygen atoms in total. The fourth-order valence-electron chi connectivity index (χ4n) is 1.58. The average Bonchev–Trinajstić information content (AvgIpc) is 2.38. The molecule has 2 aromatic rings. The monoisotopic (exact) mass is 245 g/mol. The van der Waals surface area contributed by atoms with Crippen LogP contribution < -0.4 is 11.3 Å². The quantitative estimate of drug-likeness (QED) is 0.483. The summed E-state index contributed by atoms with van der Waals surface area (Å²) in [4.78, 5) is 18.8. The summed E-state index contributed by atoms with van der Waals surface area (Å²) < 4.78 is 0. The van der Waals surface area contributed by atoms with E-state index in [0.29, 0.717) is 17.1 Å². The van der Waals surface area contributed by atoms with E-state index in [-0.39, 0.29) is 11.5 Å². The average molecular weight is 245 g/mol. The minimum absolute atomic E-state index is 0.0360. The molecule has 1 aromatic carbocycles. The number of para-hydroxylation sites is 1. The first-order valence-electron chi connectivity index (χ1n) is 5.18. The van der Waals surface area contributed by atoms with Gasteiger partial charge in [-0.3, -0.25) is 10.1 Å². The van der Waals surface area contributed by atoms with E-state index in [1.165, 1.54) is 6.07 Å². The van der Waals surface area contributed by atoms with Crippen LogP contribution in [-0.2, 0) is 0 Å². The smallest absolute Gasteiger partial charge is 0.280 e. The third-order valence-corrected chi connectivity index (χ3v) is 2.34. The number of nitrogens with two attached hydrogens (primary N) is 1. The zero-order valence-electron chi connectivity index (χ0n) is 9.62. The molecule has 0 saturated carbocycles. The van der Waals surface area contributed by atoms with Gasteiger partial charge in [-0.05, 0) is 13.0 Å². The Bertz CT molecular complexity index is 600. The van der Waals surface area contributed by atoms with Crippen LogP contribution in [0.3, 0.4) is 0 Å². The van der Waals surface area contributed by atoms with E-state index < -0.39 is 4.92 Å². The number of nitrogens with one attached hydrogen (secondary N) is 1. The number of anilines is 1. The van der Waals surface area contributed by atoms with Crippen LogP contribution in [0.25, 0.3) is 11.4 Å². The van der Waals surface area contributed by atoms with E-state index in [4.69, 9.17) is 5.84 Å². The van der Waals surface area contributed by atoms with Crippen LogP contribution in [0.5, 0.6) is 0 Å². The fourth-order valence-corrected chi connectivity index (χ4v) is 1.58. The lowest BCUT2D eigenvalue weighted by Gasteiger charge is -2.05. The second kappa shape index (κ2) is 4.76. The number of aryl methyl sites for hydroxylation is 1. The number of nitro benzene ring substituents is 1. The van der Waals surface area contributed by atoms with Gasteiger partial charge in [0.1, 0.15) is 5.82 Å². The number of nitrogen functional groups attached to an aromatic ring is 1. The van der Waals surface area contributed by atoms with E-state index >= 15 is 0 Å². The topological polar surface area (TPSA) is 107 Å². The molecule has 7 heteroatoms.